The van der Waals surface area contributed by atoms with Gasteiger partial charge in [-0.2, -0.15) is 0 Å². The predicted molar refractivity (Wildman–Crippen MR) is 150 cm³/mol. The number of amides is 1. The predicted octanol–water partition coefficient (Wildman–Crippen LogP) is 6.69. The number of hydrogen-bond donors (Lipinski definition) is 2. The number of hydrogen-bond acceptors (Lipinski definition) is 2. The molecule has 1 atom stereocenters. The first-order chi connectivity index (χ1) is 17.1. The fourth-order valence-electron chi connectivity index (χ4n) is 2.95. The van der Waals surface area contributed by atoms with E-state index in [1.807, 2.05) is 27.7 Å². The molecule has 204 valence electrons. The summed E-state index contributed by atoms with van der Waals surface area (Å²) in [4.78, 5) is 10.7. The minimum absolute atomic E-state index is 0.0788. The van der Waals surface area contributed by atoms with Crippen LogP contribution in [0.5, 0.6) is 0 Å². The van der Waals surface area contributed by atoms with E-state index in [1.165, 1.54) is 43.2 Å². The van der Waals surface area contributed by atoms with Crippen molar-refractivity contribution in [2.24, 2.45) is 5.92 Å². The molecule has 4 nitrogen and oxygen atoms in total. The summed E-state index contributed by atoms with van der Waals surface area (Å²) in [6.07, 6.45) is 11.4. The van der Waals surface area contributed by atoms with Gasteiger partial charge >= 0.3 is 130 Å². The summed E-state index contributed by atoms with van der Waals surface area (Å²) >= 11 is -1.74. The number of rotatable bonds is 7. The zero-order valence-corrected chi connectivity index (χ0v) is 24.8. The Morgan fingerprint density at radius 2 is 1.89 bits per heavy atom. The Morgan fingerprint density at radius 3 is 2.42 bits per heavy atom. The number of nitrogen functional groups attached to an aromatic ring is 1. The molecule has 0 aromatic carbocycles. The Morgan fingerprint density at radius 1 is 1.25 bits per heavy atom. The van der Waals surface area contributed by atoms with Crippen LogP contribution in [0.1, 0.15) is 86.6 Å². The van der Waals surface area contributed by atoms with Gasteiger partial charge < -0.3 is 0 Å². The van der Waals surface area contributed by atoms with Crippen LogP contribution < -0.4 is 15.6 Å². The van der Waals surface area contributed by atoms with E-state index in [-0.39, 0.29) is 22.6 Å². The second-order valence-electron chi connectivity index (χ2n) is 7.34. The van der Waals surface area contributed by atoms with E-state index in [9.17, 15) is 18.0 Å². The summed E-state index contributed by atoms with van der Waals surface area (Å²) in [5.74, 6) is 5.87. The summed E-state index contributed by atoms with van der Waals surface area (Å²) in [5.41, 5.74) is 6.95. The topological polar surface area (TPSA) is 59.5 Å². The van der Waals surface area contributed by atoms with Crippen molar-refractivity contribution in [1.29, 1.82) is 0 Å². The van der Waals surface area contributed by atoms with E-state index in [4.69, 9.17) is 5.73 Å². The van der Waals surface area contributed by atoms with E-state index in [0.29, 0.717) is 11.2 Å². The quantitative estimate of drug-likeness (QED) is 0.168. The van der Waals surface area contributed by atoms with Gasteiger partial charge in [-0.3, -0.25) is 0 Å². The Balaban J connectivity index is 0. The number of nitrogens with one attached hydrogen (secondary N) is 1. The van der Waals surface area contributed by atoms with Crippen LogP contribution in [-0.4, -0.2) is 36.9 Å². The van der Waals surface area contributed by atoms with E-state index in [0.717, 1.165) is 5.92 Å². The normalized spacial score (nSPS) is 11.1. The first-order valence-corrected chi connectivity index (χ1v) is 14.3. The molecule has 0 aliphatic rings. The number of fused-ring (bicyclic) bond motifs is 1. The van der Waals surface area contributed by atoms with Gasteiger partial charge in [-0.25, -0.2) is 0 Å². The van der Waals surface area contributed by atoms with Crippen molar-refractivity contribution < 1.29 is 18.0 Å². The van der Waals surface area contributed by atoms with Gasteiger partial charge in [0.1, 0.15) is 0 Å². The van der Waals surface area contributed by atoms with Crippen LogP contribution in [0.25, 0.3) is 5.52 Å². The van der Waals surface area contributed by atoms with E-state index >= 15 is 0 Å². The van der Waals surface area contributed by atoms with Crippen LogP contribution in [0.15, 0.2) is 36.5 Å². The molecule has 0 radical (unpaired) electrons. The number of anilines is 1. The molecule has 0 saturated heterocycles. The molecule has 0 aliphatic carbocycles. The van der Waals surface area contributed by atoms with E-state index in [1.54, 1.807) is 18.2 Å². The number of halogens is 3. The molecule has 0 bridgehead atoms. The van der Waals surface area contributed by atoms with Crippen molar-refractivity contribution in [3.8, 4) is 11.8 Å². The summed E-state index contributed by atoms with van der Waals surface area (Å²) in [5, 5.41) is -1.82. The molecule has 2 aromatic heterocycles. The maximum absolute atomic E-state index is 12.8. The second kappa shape index (κ2) is 20.8. The molecule has 0 spiro atoms. The zero-order valence-electron chi connectivity index (χ0n) is 23.1. The van der Waals surface area contributed by atoms with Crippen molar-refractivity contribution in [3.63, 3.8) is 0 Å². The van der Waals surface area contributed by atoms with Crippen LogP contribution in [0, 0.1) is 17.8 Å². The average Bonchev–Trinajstić information content (AvgIpc) is 3.17. The molecular weight excluding hydrogens is 530 g/mol. The molecule has 0 fully saturated rings. The Kier molecular flexibility index (Phi) is 20.7. The summed E-state index contributed by atoms with van der Waals surface area (Å²) in [6.45, 7) is 16.1. The molecule has 2 rings (SSSR count). The van der Waals surface area contributed by atoms with Gasteiger partial charge in [0.2, 0.25) is 0 Å². The fourth-order valence-corrected chi connectivity index (χ4v) is 4.41. The van der Waals surface area contributed by atoms with Crippen molar-refractivity contribution in [2.45, 2.75) is 86.1 Å². The van der Waals surface area contributed by atoms with Gasteiger partial charge in [0, 0.05) is 0 Å². The number of nitrogens with zero attached hydrogens (tertiary/aromatic N) is 1. The molecule has 3 N–H and O–H groups in total. The molecule has 8 heteroatoms. The van der Waals surface area contributed by atoms with Gasteiger partial charge in [-0.05, 0) is 19.3 Å². The van der Waals surface area contributed by atoms with Crippen LogP contribution >= 0.6 is 0 Å². The molecule has 2 heterocycles. The summed E-state index contributed by atoms with van der Waals surface area (Å²) in [6, 6.07) is 4.75. The van der Waals surface area contributed by atoms with Crippen molar-refractivity contribution in [2.75, 3.05) is 12.3 Å². The third-order valence-corrected chi connectivity index (χ3v) is 6.21. The van der Waals surface area contributed by atoms with Gasteiger partial charge in [-0.15, -0.1) is 0 Å². The number of nitrogens with two attached hydrogens (primary N) is 1. The average molecular weight is 575 g/mol. The Bertz CT molecular complexity index is 957. The number of aromatic nitrogens is 1. The van der Waals surface area contributed by atoms with Crippen molar-refractivity contribution in [1.82, 2.24) is 9.72 Å². The second-order valence-corrected chi connectivity index (χ2v) is 9.55. The maximum atomic E-state index is 12.8. The van der Waals surface area contributed by atoms with Gasteiger partial charge in [0.05, 0.1) is 0 Å². The van der Waals surface area contributed by atoms with E-state index < -0.39 is 20.0 Å². The molecule has 0 saturated carbocycles. The fraction of sp³-hybridized carbons (Fsp3) is 0.536. The number of unbranched alkanes of at least 4 members (excludes halogenated alkanes) is 2. The first-order valence-electron chi connectivity index (χ1n) is 12.6. The van der Waals surface area contributed by atoms with Gasteiger partial charge in [-0.1, -0.05) is 73.0 Å². The summed E-state index contributed by atoms with van der Waals surface area (Å²) < 4.78 is 39.9. The molecule has 0 aliphatic heterocycles. The van der Waals surface area contributed by atoms with Crippen LogP contribution in [-0.2, 0) is 4.79 Å². The Labute approximate surface area is 222 Å². The SMILES string of the molecule is C/C=C\C(C)CCCCC.CC.CC.CC(=O)NCC#Cc1cc2c(N)cccn2c1[Se]C(F)(F)F. The standard InChI is InChI=1S/C14H12F3N3OSe.C10H20.2C2H6/c1-9(21)19-6-2-4-10-8-12-11(18)5-3-7-20(12)13(10)22-14(15,16)17;1-4-6-7-9-10(3)8-5-2;2*1-2/h3,5,7-8H,6,18H2,1H3,(H,19,21);5,8,10H,4,6-7,9H2,1-3H3;2*1-2H3/b;8-5-;;. The monoisotopic (exact) mass is 575 g/mol. The first kappa shape index (κ1) is 35.8. The zero-order chi connectivity index (χ0) is 28.1. The van der Waals surface area contributed by atoms with Crippen molar-refractivity contribution in [3.05, 3.63) is 42.1 Å². The number of allylic oxidation sites excluding steroid dienone is 2. The summed E-state index contributed by atoms with van der Waals surface area (Å²) in [7, 11) is 0. The van der Waals surface area contributed by atoms with Gasteiger partial charge in [0.15, 0.2) is 0 Å². The van der Waals surface area contributed by atoms with Crippen LogP contribution in [0.4, 0.5) is 18.9 Å². The number of carbonyl (C=O) groups excluding carboxylic acids is 1. The Hall–Kier alpha value is -2.36. The van der Waals surface area contributed by atoms with Gasteiger partial charge in [0.25, 0.3) is 0 Å². The van der Waals surface area contributed by atoms with Crippen LogP contribution in [0.3, 0.4) is 0 Å². The minimum atomic E-state index is -4.29. The number of carbonyl (C=O) groups is 1. The van der Waals surface area contributed by atoms with Crippen molar-refractivity contribution >= 4 is 36.7 Å². The van der Waals surface area contributed by atoms with E-state index in [2.05, 4.69) is 50.1 Å². The number of alkyl halides is 3. The molecular formula is C28H44F3N3OSe. The molecule has 1 unspecified atom stereocenters. The van der Waals surface area contributed by atoms with Crippen LogP contribution in [0.2, 0.25) is 0 Å². The third kappa shape index (κ3) is 15.6. The molecule has 36 heavy (non-hydrogen) atoms. The third-order valence-electron chi connectivity index (χ3n) is 4.44. The molecule has 1 amide bonds. The molecule has 2 aromatic rings. The number of pyridine rings is 1.